The molecule has 1 atom stereocenters. The minimum atomic E-state index is -0.461. The lowest BCUT2D eigenvalue weighted by Gasteiger charge is -2.26. The van der Waals surface area contributed by atoms with Gasteiger partial charge in [-0.15, -0.1) is 0 Å². The van der Waals surface area contributed by atoms with Gasteiger partial charge in [0, 0.05) is 12.0 Å². The molecule has 0 saturated carbocycles. The van der Waals surface area contributed by atoms with E-state index in [-0.39, 0.29) is 18.9 Å². The second-order valence-corrected chi connectivity index (χ2v) is 5.62. The van der Waals surface area contributed by atoms with E-state index >= 15 is 0 Å². The first kappa shape index (κ1) is 14.9. The maximum atomic E-state index is 11.9. The summed E-state index contributed by atoms with van der Waals surface area (Å²) in [6, 6.07) is 7.80. The average molecular weight is 278 g/mol. The van der Waals surface area contributed by atoms with Gasteiger partial charge in [0.05, 0.1) is 18.1 Å². The summed E-state index contributed by atoms with van der Waals surface area (Å²) in [5, 5.41) is 0. The summed E-state index contributed by atoms with van der Waals surface area (Å²) >= 11 is 0. The lowest BCUT2D eigenvalue weighted by molar-refractivity contribution is -0.172. The van der Waals surface area contributed by atoms with Gasteiger partial charge in [-0.05, 0) is 26.3 Å². The first-order valence-corrected chi connectivity index (χ1v) is 7.05. The molecule has 0 aliphatic carbocycles. The van der Waals surface area contributed by atoms with E-state index in [1.54, 1.807) is 0 Å². The third kappa shape index (κ3) is 3.31. The molecule has 1 aromatic rings. The van der Waals surface area contributed by atoms with E-state index in [4.69, 9.17) is 14.2 Å². The van der Waals surface area contributed by atoms with Crippen molar-refractivity contribution < 1.29 is 19.0 Å². The smallest absolute Gasteiger partial charge is 0.313 e. The van der Waals surface area contributed by atoms with Crippen LogP contribution in [0.25, 0.3) is 0 Å². The molecular formula is C16H22O4. The number of esters is 1. The molecule has 0 N–H and O–H groups in total. The fourth-order valence-corrected chi connectivity index (χ4v) is 1.99. The number of para-hydroxylation sites is 1. The van der Waals surface area contributed by atoms with Gasteiger partial charge < -0.3 is 14.2 Å². The fraction of sp³-hybridized carbons (Fsp3) is 0.562. The summed E-state index contributed by atoms with van der Waals surface area (Å²) in [5.74, 6) is 0.629. The summed E-state index contributed by atoms with van der Waals surface area (Å²) in [6.07, 6.45) is 1.44. The van der Waals surface area contributed by atoms with Gasteiger partial charge in [0.25, 0.3) is 0 Å². The zero-order valence-electron chi connectivity index (χ0n) is 12.3. The van der Waals surface area contributed by atoms with Crippen LogP contribution in [0.2, 0.25) is 0 Å². The Morgan fingerprint density at radius 2 is 2.15 bits per heavy atom. The van der Waals surface area contributed by atoms with Crippen molar-refractivity contribution in [1.29, 1.82) is 0 Å². The number of fused-ring (bicyclic) bond motifs is 1. The van der Waals surface area contributed by atoms with Crippen LogP contribution >= 0.6 is 0 Å². The molecule has 2 rings (SSSR count). The van der Waals surface area contributed by atoms with Gasteiger partial charge in [0.2, 0.25) is 0 Å². The Balaban J connectivity index is 1.88. The average Bonchev–Trinajstić information content (AvgIpc) is 2.47. The van der Waals surface area contributed by atoms with Gasteiger partial charge in [-0.2, -0.15) is 0 Å². The Hall–Kier alpha value is -1.55. The van der Waals surface area contributed by atoms with E-state index < -0.39 is 5.41 Å². The third-order valence-corrected chi connectivity index (χ3v) is 3.80. The highest BCUT2D eigenvalue weighted by Crippen LogP contribution is 2.34. The highest BCUT2D eigenvalue weighted by atomic mass is 16.7. The van der Waals surface area contributed by atoms with Crippen molar-refractivity contribution >= 4 is 5.97 Å². The highest BCUT2D eigenvalue weighted by molar-refractivity contribution is 5.75. The summed E-state index contributed by atoms with van der Waals surface area (Å²) in [6.45, 7) is 6.33. The van der Waals surface area contributed by atoms with Crippen LogP contribution in [0.1, 0.15) is 45.3 Å². The van der Waals surface area contributed by atoms with E-state index in [1.165, 1.54) is 0 Å². The van der Waals surface area contributed by atoms with Crippen molar-refractivity contribution in [1.82, 2.24) is 0 Å². The molecule has 0 saturated heterocycles. The minimum Gasteiger partial charge on any atom is -0.493 e. The standard InChI is InChI=1S/C16H22O4/c1-4-16(2,3)15(17)20-11-19-14-9-10-18-13-8-6-5-7-12(13)14/h5-8,14H,4,9-11H2,1-3H3. The summed E-state index contributed by atoms with van der Waals surface area (Å²) in [7, 11) is 0. The topological polar surface area (TPSA) is 44.8 Å². The van der Waals surface area contributed by atoms with Crippen LogP contribution in [0.4, 0.5) is 0 Å². The van der Waals surface area contributed by atoms with Crippen LogP contribution < -0.4 is 4.74 Å². The number of ether oxygens (including phenoxy) is 3. The molecule has 0 bridgehead atoms. The van der Waals surface area contributed by atoms with Crippen molar-refractivity contribution in [2.24, 2.45) is 5.41 Å². The Morgan fingerprint density at radius 3 is 2.90 bits per heavy atom. The van der Waals surface area contributed by atoms with Gasteiger partial charge in [-0.1, -0.05) is 25.1 Å². The number of carbonyl (C=O) groups excluding carboxylic acids is 1. The maximum absolute atomic E-state index is 11.9. The molecular weight excluding hydrogens is 256 g/mol. The van der Waals surface area contributed by atoms with Gasteiger partial charge >= 0.3 is 5.97 Å². The largest absolute Gasteiger partial charge is 0.493 e. The molecule has 1 heterocycles. The summed E-state index contributed by atoms with van der Waals surface area (Å²) < 4.78 is 16.5. The number of benzene rings is 1. The lowest BCUT2D eigenvalue weighted by atomic mass is 9.91. The molecule has 4 nitrogen and oxygen atoms in total. The highest BCUT2D eigenvalue weighted by Gasteiger charge is 2.28. The zero-order chi connectivity index (χ0) is 14.6. The number of rotatable bonds is 5. The van der Waals surface area contributed by atoms with Gasteiger partial charge in [0.15, 0.2) is 6.79 Å². The van der Waals surface area contributed by atoms with Gasteiger partial charge in [0.1, 0.15) is 5.75 Å². The molecule has 20 heavy (non-hydrogen) atoms. The van der Waals surface area contributed by atoms with Crippen molar-refractivity contribution in [3.63, 3.8) is 0 Å². The molecule has 0 fully saturated rings. The molecule has 0 radical (unpaired) electrons. The maximum Gasteiger partial charge on any atom is 0.313 e. The van der Waals surface area contributed by atoms with E-state index in [0.717, 1.165) is 24.2 Å². The Labute approximate surface area is 120 Å². The normalized spacial score (nSPS) is 18.1. The van der Waals surface area contributed by atoms with Crippen LogP contribution in [0.3, 0.4) is 0 Å². The van der Waals surface area contributed by atoms with Crippen LogP contribution in [-0.2, 0) is 14.3 Å². The van der Waals surface area contributed by atoms with Gasteiger partial charge in [-0.3, -0.25) is 4.79 Å². The summed E-state index contributed by atoms with van der Waals surface area (Å²) in [4.78, 5) is 11.9. The Bertz CT molecular complexity index is 467. The lowest BCUT2D eigenvalue weighted by Crippen LogP contribution is -2.27. The molecule has 1 aromatic carbocycles. The second kappa shape index (κ2) is 6.27. The van der Waals surface area contributed by atoms with Crippen molar-refractivity contribution in [2.75, 3.05) is 13.4 Å². The Kier molecular flexibility index (Phi) is 4.65. The van der Waals surface area contributed by atoms with Crippen molar-refractivity contribution in [2.45, 2.75) is 39.7 Å². The van der Waals surface area contributed by atoms with Crippen molar-refractivity contribution in [3.05, 3.63) is 29.8 Å². The molecule has 1 unspecified atom stereocenters. The van der Waals surface area contributed by atoms with Crippen molar-refractivity contribution in [3.8, 4) is 5.75 Å². The Morgan fingerprint density at radius 1 is 1.40 bits per heavy atom. The second-order valence-electron chi connectivity index (χ2n) is 5.62. The molecule has 1 aliphatic rings. The van der Waals surface area contributed by atoms with E-state index in [1.807, 2.05) is 45.0 Å². The van der Waals surface area contributed by atoms with Crippen LogP contribution in [0, 0.1) is 5.41 Å². The number of carbonyl (C=O) groups is 1. The molecule has 1 aliphatic heterocycles. The quantitative estimate of drug-likeness (QED) is 0.611. The summed E-state index contributed by atoms with van der Waals surface area (Å²) in [5.41, 5.74) is 0.557. The SMILES string of the molecule is CCC(C)(C)C(=O)OCOC1CCOc2ccccc21. The molecule has 0 aromatic heterocycles. The monoisotopic (exact) mass is 278 g/mol. The first-order valence-electron chi connectivity index (χ1n) is 7.05. The van der Waals surface area contributed by atoms with Gasteiger partial charge in [-0.25, -0.2) is 0 Å². The zero-order valence-corrected chi connectivity index (χ0v) is 12.3. The molecule has 4 heteroatoms. The fourth-order valence-electron chi connectivity index (χ4n) is 1.99. The van der Waals surface area contributed by atoms with Crippen LogP contribution in [0.15, 0.2) is 24.3 Å². The van der Waals surface area contributed by atoms with E-state index in [0.29, 0.717) is 6.61 Å². The first-order chi connectivity index (χ1) is 9.54. The predicted octanol–water partition coefficient (Wildman–Crippen LogP) is 3.46. The molecule has 0 amide bonds. The van der Waals surface area contributed by atoms with E-state index in [2.05, 4.69) is 0 Å². The predicted molar refractivity (Wildman–Crippen MR) is 75.4 cm³/mol. The third-order valence-electron chi connectivity index (χ3n) is 3.80. The minimum absolute atomic E-state index is 0.0126. The van der Waals surface area contributed by atoms with Crippen LogP contribution in [0.5, 0.6) is 5.75 Å². The van der Waals surface area contributed by atoms with E-state index in [9.17, 15) is 4.79 Å². The number of hydrogen-bond donors (Lipinski definition) is 0. The molecule has 110 valence electrons. The number of hydrogen-bond acceptors (Lipinski definition) is 4. The molecule has 0 spiro atoms. The van der Waals surface area contributed by atoms with Crippen LogP contribution in [-0.4, -0.2) is 19.4 Å².